The summed E-state index contributed by atoms with van der Waals surface area (Å²) in [6.45, 7) is 11.5. The highest BCUT2D eigenvalue weighted by molar-refractivity contribution is 5.99. The number of carbonyl (C=O) groups is 1. The number of ether oxygens (including phenoxy) is 1. The molecule has 0 fully saturated rings. The first kappa shape index (κ1) is 11.7. The molecule has 0 saturated carbocycles. The van der Waals surface area contributed by atoms with Gasteiger partial charge in [0.05, 0.1) is 6.61 Å². The summed E-state index contributed by atoms with van der Waals surface area (Å²) in [6.07, 6.45) is 1.87. The summed E-state index contributed by atoms with van der Waals surface area (Å²) in [5.74, 6) is 1.43. The Bertz CT molecular complexity index is 361. The number of hydrogen-bond donors (Lipinski definition) is 0. The van der Waals surface area contributed by atoms with Crippen LogP contribution in [0.5, 0.6) is 0 Å². The van der Waals surface area contributed by atoms with Gasteiger partial charge in [0.1, 0.15) is 5.76 Å². The van der Waals surface area contributed by atoms with Crippen molar-refractivity contribution in [1.29, 1.82) is 0 Å². The fraction of sp³-hybridized carbons (Fsp3) is 0.786. The third kappa shape index (κ3) is 1.42. The van der Waals surface area contributed by atoms with Crippen LogP contribution in [0.4, 0.5) is 0 Å². The molecule has 2 aliphatic rings. The molecule has 0 saturated heterocycles. The van der Waals surface area contributed by atoms with Gasteiger partial charge in [0, 0.05) is 28.7 Å². The molecule has 90 valence electrons. The topological polar surface area (TPSA) is 26.3 Å². The van der Waals surface area contributed by atoms with Gasteiger partial charge in [-0.25, -0.2) is 0 Å². The summed E-state index contributed by atoms with van der Waals surface area (Å²) >= 11 is 0. The SMILES string of the molecule is CC1CCC2=C(C1=O)C(C)(C)C(C)(C)CO2. The Hall–Kier alpha value is -0.790. The van der Waals surface area contributed by atoms with Gasteiger partial charge in [0.2, 0.25) is 0 Å². The molecule has 0 spiro atoms. The van der Waals surface area contributed by atoms with E-state index in [0.29, 0.717) is 5.78 Å². The maximum Gasteiger partial charge on any atom is 0.165 e. The van der Waals surface area contributed by atoms with E-state index in [-0.39, 0.29) is 16.7 Å². The van der Waals surface area contributed by atoms with E-state index in [4.69, 9.17) is 4.74 Å². The van der Waals surface area contributed by atoms with E-state index in [0.717, 1.165) is 30.8 Å². The van der Waals surface area contributed by atoms with E-state index < -0.39 is 0 Å². The first-order valence-corrected chi connectivity index (χ1v) is 6.18. The quantitative estimate of drug-likeness (QED) is 0.628. The van der Waals surface area contributed by atoms with E-state index in [1.807, 2.05) is 6.92 Å². The highest BCUT2D eigenvalue weighted by Gasteiger charge is 2.49. The molecule has 1 unspecified atom stereocenters. The molecular formula is C14H22O2. The number of rotatable bonds is 0. The standard InChI is InChI=1S/C14H22O2/c1-9-6-7-10-11(12(9)15)14(4,5)13(2,3)8-16-10/h9H,6-8H2,1-5H3. The Morgan fingerprint density at radius 1 is 1.25 bits per heavy atom. The normalized spacial score (nSPS) is 32.1. The van der Waals surface area contributed by atoms with Gasteiger partial charge in [-0.3, -0.25) is 4.79 Å². The summed E-state index contributed by atoms with van der Waals surface area (Å²) in [6, 6.07) is 0. The first-order valence-electron chi connectivity index (χ1n) is 6.18. The number of hydrogen-bond acceptors (Lipinski definition) is 2. The molecular weight excluding hydrogens is 200 g/mol. The van der Waals surface area contributed by atoms with Gasteiger partial charge in [-0.2, -0.15) is 0 Å². The van der Waals surface area contributed by atoms with Crippen molar-refractivity contribution < 1.29 is 9.53 Å². The van der Waals surface area contributed by atoms with Crippen LogP contribution in [-0.4, -0.2) is 12.4 Å². The second kappa shape index (κ2) is 3.35. The molecule has 0 aromatic heterocycles. The zero-order valence-electron chi connectivity index (χ0n) is 11.0. The number of ketones is 1. The van der Waals surface area contributed by atoms with Gasteiger partial charge in [-0.15, -0.1) is 0 Å². The van der Waals surface area contributed by atoms with Crippen molar-refractivity contribution in [1.82, 2.24) is 0 Å². The molecule has 0 radical (unpaired) electrons. The molecule has 0 amide bonds. The minimum absolute atomic E-state index is 0.0263. The molecule has 0 N–H and O–H groups in total. The third-order valence-corrected chi connectivity index (χ3v) is 4.70. The lowest BCUT2D eigenvalue weighted by atomic mass is 9.59. The van der Waals surface area contributed by atoms with Crippen LogP contribution >= 0.6 is 0 Å². The molecule has 2 rings (SSSR count). The van der Waals surface area contributed by atoms with Gasteiger partial charge in [0.15, 0.2) is 5.78 Å². The molecule has 0 aromatic carbocycles. The second-order valence-electron chi connectivity index (χ2n) is 6.40. The Morgan fingerprint density at radius 3 is 2.50 bits per heavy atom. The number of carbonyl (C=O) groups excluding carboxylic acids is 1. The third-order valence-electron chi connectivity index (χ3n) is 4.70. The minimum atomic E-state index is -0.0770. The Balaban J connectivity index is 2.51. The lowest BCUT2D eigenvalue weighted by Crippen LogP contribution is -2.46. The van der Waals surface area contributed by atoms with Gasteiger partial charge in [-0.05, 0) is 6.42 Å². The number of allylic oxidation sites excluding steroid dienone is 2. The van der Waals surface area contributed by atoms with Crippen molar-refractivity contribution in [3.8, 4) is 0 Å². The molecule has 1 aliphatic carbocycles. The largest absolute Gasteiger partial charge is 0.497 e. The zero-order valence-corrected chi connectivity index (χ0v) is 11.0. The predicted octanol–water partition coefficient (Wildman–Crippen LogP) is 3.32. The summed E-state index contributed by atoms with van der Waals surface area (Å²) in [5.41, 5.74) is 0.910. The maximum atomic E-state index is 12.3. The van der Waals surface area contributed by atoms with Crippen LogP contribution in [0, 0.1) is 16.7 Å². The predicted molar refractivity (Wildman–Crippen MR) is 63.9 cm³/mol. The Kier molecular flexibility index (Phi) is 2.45. The highest BCUT2D eigenvalue weighted by Crippen LogP contribution is 2.52. The van der Waals surface area contributed by atoms with Crippen molar-refractivity contribution in [3.63, 3.8) is 0 Å². The molecule has 1 aliphatic heterocycles. The van der Waals surface area contributed by atoms with Crippen LogP contribution in [0.25, 0.3) is 0 Å². The van der Waals surface area contributed by atoms with Crippen LogP contribution in [0.15, 0.2) is 11.3 Å². The summed E-state index contributed by atoms with van der Waals surface area (Å²) in [4.78, 5) is 12.3. The molecule has 16 heavy (non-hydrogen) atoms. The van der Waals surface area contributed by atoms with E-state index in [2.05, 4.69) is 27.7 Å². The first-order chi connectivity index (χ1) is 7.27. The lowest BCUT2D eigenvalue weighted by Gasteiger charge is -2.49. The van der Waals surface area contributed by atoms with Gasteiger partial charge >= 0.3 is 0 Å². The fourth-order valence-electron chi connectivity index (χ4n) is 2.57. The van der Waals surface area contributed by atoms with E-state index in [1.54, 1.807) is 0 Å². The van der Waals surface area contributed by atoms with Gasteiger partial charge < -0.3 is 4.74 Å². The van der Waals surface area contributed by atoms with E-state index in [1.165, 1.54) is 0 Å². The van der Waals surface area contributed by atoms with E-state index >= 15 is 0 Å². The van der Waals surface area contributed by atoms with Crippen molar-refractivity contribution in [3.05, 3.63) is 11.3 Å². The van der Waals surface area contributed by atoms with Crippen LogP contribution in [0.1, 0.15) is 47.5 Å². The number of Topliss-reactive ketones (excluding diaryl/α,β-unsaturated/α-hetero) is 1. The summed E-state index contributed by atoms with van der Waals surface area (Å²) in [7, 11) is 0. The molecule has 1 heterocycles. The minimum Gasteiger partial charge on any atom is -0.497 e. The maximum absolute atomic E-state index is 12.3. The van der Waals surface area contributed by atoms with Crippen molar-refractivity contribution in [2.75, 3.05) is 6.61 Å². The Morgan fingerprint density at radius 2 is 1.88 bits per heavy atom. The molecule has 2 nitrogen and oxygen atoms in total. The average Bonchev–Trinajstić information content (AvgIpc) is 2.17. The van der Waals surface area contributed by atoms with Crippen LogP contribution in [0.2, 0.25) is 0 Å². The molecule has 1 atom stereocenters. The van der Waals surface area contributed by atoms with Crippen molar-refractivity contribution >= 4 is 5.78 Å². The Labute approximate surface area is 98.1 Å². The van der Waals surface area contributed by atoms with Gasteiger partial charge in [0.25, 0.3) is 0 Å². The second-order valence-corrected chi connectivity index (χ2v) is 6.40. The smallest absolute Gasteiger partial charge is 0.165 e. The van der Waals surface area contributed by atoms with Crippen LogP contribution in [0.3, 0.4) is 0 Å². The fourth-order valence-corrected chi connectivity index (χ4v) is 2.57. The monoisotopic (exact) mass is 222 g/mol. The molecule has 2 heteroatoms. The van der Waals surface area contributed by atoms with Crippen molar-refractivity contribution in [2.45, 2.75) is 47.5 Å². The highest BCUT2D eigenvalue weighted by atomic mass is 16.5. The lowest BCUT2D eigenvalue weighted by molar-refractivity contribution is -0.124. The van der Waals surface area contributed by atoms with Crippen LogP contribution in [-0.2, 0) is 9.53 Å². The van der Waals surface area contributed by atoms with Gasteiger partial charge in [-0.1, -0.05) is 34.6 Å². The zero-order chi connectivity index (χ0) is 12.1. The van der Waals surface area contributed by atoms with E-state index in [9.17, 15) is 4.79 Å². The van der Waals surface area contributed by atoms with Crippen molar-refractivity contribution in [2.24, 2.45) is 16.7 Å². The summed E-state index contributed by atoms with van der Waals surface area (Å²) < 4.78 is 5.81. The average molecular weight is 222 g/mol. The molecule has 0 bridgehead atoms. The van der Waals surface area contributed by atoms with Crippen LogP contribution < -0.4 is 0 Å². The summed E-state index contributed by atoms with van der Waals surface area (Å²) in [5, 5.41) is 0. The molecule has 0 aromatic rings.